The number of aryl methyl sites for hydroxylation is 1. The van der Waals surface area contributed by atoms with Crippen molar-refractivity contribution in [2.24, 2.45) is 0 Å². The van der Waals surface area contributed by atoms with Crippen molar-refractivity contribution in [3.8, 4) is 11.5 Å². The highest BCUT2D eigenvalue weighted by atomic mass is 32.2. The molecule has 0 aliphatic rings. The third-order valence-corrected chi connectivity index (χ3v) is 5.83. The van der Waals surface area contributed by atoms with Gasteiger partial charge in [0.1, 0.15) is 0 Å². The first-order valence-electron chi connectivity index (χ1n) is 10.4. The van der Waals surface area contributed by atoms with Crippen LogP contribution in [0.3, 0.4) is 0 Å². The number of hydrogen-bond donors (Lipinski definition) is 1. The number of benzene rings is 2. The molecule has 0 aromatic heterocycles. The van der Waals surface area contributed by atoms with Gasteiger partial charge in [-0.2, -0.15) is 0 Å². The Morgan fingerprint density at radius 3 is 2.42 bits per heavy atom. The second-order valence-electron chi connectivity index (χ2n) is 7.58. The summed E-state index contributed by atoms with van der Waals surface area (Å²) in [5, 5.41) is 2.72. The molecule has 2 aromatic rings. The maximum atomic E-state index is 13.5. The summed E-state index contributed by atoms with van der Waals surface area (Å²) >= 11 is 0. The number of nitrogens with one attached hydrogen (secondary N) is 1. The third kappa shape index (κ3) is 6.41. The van der Waals surface area contributed by atoms with Crippen LogP contribution in [0.2, 0.25) is 0 Å². The first kappa shape index (κ1) is 26.1. The van der Waals surface area contributed by atoms with E-state index in [1.807, 2.05) is 6.92 Å². The molecule has 0 bridgehead atoms. The molecule has 8 nitrogen and oxygen atoms in total. The quantitative estimate of drug-likeness (QED) is 0.530. The summed E-state index contributed by atoms with van der Waals surface area (Å²) in [6.45, 7) is 7.11. The minimum atomic E-state index is -1.31. The van der Waals surface area contributed by atoms with E-state index in [0.29, 0.717) is 41.3 Å². The molecule has 2 rings (SSSR count). The molecule has 0 saturated heterocycles. The minimum absolute atomic E-state index is 0.0474. The molecule has 3 amide bonds. The van der Waals surface area contributed by atoms with Crippen molar-refractivity contribution >= 4 is 34.7 Å². The lowest BCUT2D eigenvalue weighted by molar-refractivity contribution is -0.117. The maximum absolute atomic E-state index is 13.5. The van der Waals surface area contributed by atoms with E-state index in [2.05, 4.69) is 5.32 Å². The Morgan fingerprint density at radius 2 is 1.88 bits per heavy atom. The van der Waals surface area contributed by atoms with Gasteiger partial charge < -0.3 is 14.8 Å². The lowest BCUT2D eigenvalue weighted by Gasteiger charge is -2.28. The van der Waals surface area contributed by atoms with Crippen LogP contribution >= 0.6 is 0 Å². The predicted molar refractivity (Wildman–Crippen MR) is 128 cm³/mol. The smallest absolute Gasteiger partial charge is 0.261 e. The Hall–Kier alpha value is -3.20. The van der Waals surface area contributed by atoms with Crippen LogP contribution in [0.4, 0.5) is 5.69 Å². The molecule has 1 unspecified atom stereocenters. The van der Waals surface area contributed by atoms with E-state index >= 15 is 0 Å². The molecule has 178 valence electrons. The number of amides is 3. The Balaban J connectivity index is 2.58. The van der Waals surface area contributed by atoms with Crippen molar-refractivity contribution in [2.75, 3.05) is 31.0 Å². The van der Waals surface area contributed by atoms with Crippen LogP contribution in [0.5, 0.6) is 11.5 Å². The Labute approximate surface area is 196 Å². The van der Waals surface area contributed by atoms with Gasteiger partial charge in [0.05, 0.1) is 19.8 Å². The largest absolute Gasteiger partial charge is 0.493 e. The summed E-state index contributed by atoms with van der Waals surface area (Å²) < 4.78 is 23.1. The van der Waals surface area contributed by atoms with Gasteiger partial charge in [-0.25, -0.2) is 0 Å². The van der Waals surface area contributed by atoms with Crippen LogP contribution in [-0.2, 0) is 20.4 Å². The van der Waals surface area contributed by atoms with Crippen molar-refractivity contribution in [1.29, 1.82) is 0 Å². The van der Waals surface area contributed by atoms with E-state index in [0.717, 1.165) is 10.5 Å². The number of methoxy groups -OCH3 is 1. The third-order valence-electron chi connectivity index (χ3n) is 5.04. The van der Waals surface area contributed by atoms with Gasteiger partial charge in [-0.3, -0.25) is 23.5 Å². The number of rotatable bonds is 10. The molecule has 0 aliphatic carbocycles. The van der Waals surface area contributed by atoms with E-state index in [4.69, 9.17) is 9.47 Å². The van der Waals surface area contributed by atoms with Gasteiger partial charge >= 0.3 is 0 Å². The highest BCUT2D eigenvalue weighted by Crippen LogP contribution is 2.33. The number of imide groups is 1. The second kappa shape index (κ2) is 11.6. The first-order chi connectivity index (χ1) is 15.6. The van der Waals surface area contributed by atoms with Gasteiger partial charge in [0.2, 0.25) is 12.3 Å². The van der Waals surface area contributed by atoms with Gasteiger partial charge in [0, 0.05) is 41.0 Å². The highest BCUT2D eigenvalue weighted by molar-refractivity contribution is 7.84. The summed E-state index contributed by atoms with van der Waals surface area (Å²) in [5.74, 6) is 0.196. The molecule has 33 heavy (non-hydrogen) atoms. The van der Waals surface area contributed by atoms with Gasteiger partial charge in [-0.05, 0) is 61.7 Å². The van der Waals surface area contributed by atoms with Crippen molar-refractivity contribution < 1.29 is 28.1 Å². The van der Waals surface area contributed by atoms with Crippen LogP contribution in [0.15, 0.2) is 30.3 Å². The lowest BCUT2D eigenvalue weighted by atomic mass is 10.00. The molecular weight excluding hydrogens is 444 g/mol. The fraction of sp³-hybridized carbons (Fsp3) is 0.375. The first-order valence-corrected chi connectivity index (χ1v) is 12.1. The number of hydrogen-bond acceptors (Lipinski definition) is 6. The molecule has 0 saturated carbocycles. The number of ether oxygens (including phenoxy) is 2. The zero-order valence-corrected chi connectivity index (χ0v) is 20.6. The number of carbonyl (C=O) groups excluding carboxylic acids is 3. The van der Waals surface area contributed by atoms with E-state index in [9.17, 15) is 18.6 Å². The minimum Gasteiger partial charge on any atom is -0.493 e. The average molecular weight is 475 g/mol. The normalized spacial score (nSPS) is 12.4. The van der Waals surface area contributed by atoms with Gasteiger partial charge in [0.15, 0.2) is 11.5 Å². The van der Waals surface area contributed by atoms with Crippen molar-refractivity contribution in [3.05, 3.63) is 52.6 Å². The number of carbonyl (C=O) groups is 3. The Morgan fingerprint density at radius 1 is 1.18 bits per heavy atom. The van der Waals surface area contributed by atoms with Gasteiger partial charge in [-0.15, -0.1) is 0 Å². The molecule has 9 heteroatoms. The Kier molecular flexibility index (Phi) is 9.16. The molecule has 0 radical (unpaired) electrons. The fourth-order valence-electron chi connectivity index (χ4n) is 3.53. The van der Waals surface area contributed by atoms with Crippen LogP contribution in [0.1, 0.15) is 46.9 Å². The summed E-state index contributed by atoms with van der Waals surface area (Å²) in [5.41, 5.74) is 2.64. The average Bonchev–Trinajstić information content (AvgIpc) is 2.75. The molecule has 0 heterocycles. The zero-order valence-electron chi connectivity index (χ0n) is 19.8. The predicted octanol–water partition coefficient (Wildman–Crippen LogP) is 3.39. The Bertz CT molecular complexity index is 1070. The molecule has 0 fully saturated rings. The fourth-order valence-corrected chi connectivity index (χ4v) is 4.33. The van der Waals surface area contributed by atoms with E-state index in [1.165, 1.54) is 20.3 Å². The van der Waals surface area contributed by atoms with Crippen molar-refractivity contribution in [2.45, 2.75) is 33.7 Å². The van der Waals surface area contributed by atoms with Crippen molar-refractivity contribution in [1.82, 2.24) is 4.90 Å². The standard InChI is InChI=1S/C24H30N2O6S/c1-7-32-23-12-18(8-9-22(23)31-5)21(13-33(6)30)26(14-27)24(29)19-10-15(2)11-20(16(19)3)25-17(4)28/h8-12,14,21H,7,13H2,1-6H3,(H,25,28)/t21-,33?/m1/s1. The molecule has 2 atom stereocenters. The van der Waals surface area contributed by atoms with Crippen molar-refractivity contribution in [3.63, 3.8) is 0 Å². The monoisotopic (exact) mass is 474 g/mol. The second-order valence-corrected chi connectivity index (χ2v) is 9.06. The van der Waals surface area contributed by atoms with E-state index in [1.54, 1.807) is 44.2 Å². The molecule has 2 aromatic carbocycles. The molecule has 0 spiro atoms. The van der Waals surface area contributed by atoms with Crippen LogP contribution in [0, 0.1) is 13.8 Å². The molecule has 1 N–H and O–H groups in total. The SMILES string of the molecule is CCOc1cc([C@@H](CS(C)=O)N(C=O)C(=O)c2cc(C)cc(NC(C)=O)c2C)ccc1OC. The molecular formula is C24H30N2O6S. The highest BCUT2D eigenvalue weighted by Gasteiger charge is 2.29. The lowest BCUT2D eigenvalue weighted by Crippen LogP contribution is -2.37. The molecule has 0 aliphatic heterocycles. The van der Waals surface area contributed by atoms with E-state index in [-0.39, 0.29) is 17.2 Å². The van der Waals surface area contributed by atoms with Crippen LogP contribution in [-0.4, -0.2) is 53.1 Å². The van der Waals surface area contributed by atoms with Crippen LogP contribution in [0.25, 0.3) is 0 Å². The number of anilines is 1. The zero-order chi connectivity index (χ0) is 24.7. The summed E-state index contributed by atoms with van der Waals surface area (Å²) in [4.78, 5) is 38.4. The van der Waals surface area contributed by atoms with Gasteiger partial charge in [-0.1, -0.05) is 6.07 Å². The van der Waals surface area contributed by atoms with Crippen LogP contribution < -0.4 is 14.8 Å². The summed E-state index contributed by atoms with van der Waals surface area (Å²) in [6, 6.07) is 7.72. The van der Waals surface area contributed by atoms with E-state index < -0.39 is 22.7 Å². The maximum Gasteiger partial charge on any atom is 0.261 e. The summed E-state index contributed by atoms with van der Waals surface area (Å²) in [7, 11) is 0.206. The number of nitrogens with zero attached hydrogens (tertiary/aromatic N) is 1. The summed E-state index contributed by atoms with van der Waals surface area (Å²) in [6.07, 6.45) is 1.96. The van der Waals surface area contributed by atoms with Gasteiger partial charge in [0.25, 0.3) is 5.91 Å². The topological polar surface area (TPSA) is 102 Å².